The van der Waals surface area contributed by atoms with Crippen molar-refractivity contribution in [2.75, 3.05) is 26.0 Å². The molecule has 1 N–H and O–H groups in total. The number of rotatable bonds is 6. The van der Waals surface area contributed by atoms with Crippen molar-refractivity contribution in [2.45, 2.75) is 12.8 Å². The van der Waals surface area contributed by atoms with Crippen LogP contribution in [0.1, 0.15) is 12.0 Å². The fourth-order valence-corrected chi connectivity index (χ4v) is 4.47. The lowest BCUT2D eigenvalue weighted by molar-refractivity contribution is 0.254. The molecule has 1 amide bonds. The van der Waals surface area contributed by atoms with Gasteiger partial charge >= 0.3 is 6.03 Å². The van der Waals surface area contributed by atoms with E-state index in [1.54, 1.807) is 17.0 Å². The molecule has 0 saturated heterocycles. The number of hydrogen-bond acceptors (Lipinski definition) is 3. The van der Waals surface area contributed by atoms with Crippen LogP contribution < -0.4 is 5.32 Å². The van der Waals surface area contributed by atoms with Gasteiger partial charge in [0.15, 0.2) is 0 Å². The van der Waals surface area contributed by atoms with Gasteiger partial charge in [0.2, 0.25) is 0 Å². The fraction of sp³-hybridized carbons (Fsp3) is 0.172. The van der Waals surface area contributed by atoms with Gasteiger partial charge in [-0.25, -0.2) is 4.79 Å². The van der Waals surface area contributed by atoms with E-state index in [1.807, 2.05) is 48.7 Å². The standard InChI is InChI=1S/C29H28N4O/c1-32(2)18-5-6-21-9-10-23-15-19-33(28(23)20-21)29(34)31-27-12-11-24(22-13-16-30-17-14-22)25-7-3-4-8-26(25)27/h3-4,7-17,19-20H,5-6,18H2,1-2H3,(H,31,34). The van der Waals surface area contributed by atoms with E-state index in [2.05, 4.69) is 59.6 Å². The predicted octanol–water partition coefficient (Wildman–Crippen LogP) is 6.43. The number of fused-ring (bicyclic) bond motifs is 2. The monoisotopic (exact) mass is 448 g/mol. The molecule has 0 aliphatic rings. The molecule has 34 heavy (non-hydrogen) atoms. The normalized spacial score (nSPS) is 11.4. The van der Waals surface area contributed by atoms with E-state index in [9.17, 15) is 4.79 Å². The highest BCUT2D eigenvalue weighted by molar-refractivity contribution is 6.08. The number of carbonyl (C=O) groups excluding carboxylic acids is 1. The van der Waals surface area contributed by atoms with Gasteiger partial charge in [0.1, 0.15) is 0 Å². The van der Waals surface area contributed by atoms with Crippen molar-refractivity contribution in [2.24, 2.45) is 0 Å². The molecule has 5 heteroatoms. The van der Waals surface area contributed by atoms with E-state index in [-0.39, 0.29) is 6.03 Å². The molecule has 2 aromatic heterocycles. The van der Waals surface area contributed by atoms with Gasteiger partial charge < -0.3 is 10.2 Å². The van der Waals surface area contributed by atoms with Gasteiger partial charge in [-0.15, -0.1) is 0 Å². The molecule has 3 aromatic carbocycles. The Morgan fingerprint density at radius 3 is 2.53 bits per heavy atom. The molecule has 0 aliphatic heterocycles. The van der Waals surface area contributed by atoms with Crippen LogP contribution in [0.2, 0.25) is 0 Å². The van der Waals surface area contributed by atoms with Crippen molar-refractivity contribution in [3.8, 4) is 11.1 Å². The van der Waals surface area contributed by atoms with Crippen LogP contribution in [-0.4, -0.2) is 41.1 Å². The molecule has 0 aliphatic carbocycles. The summed E-state index contributed by atoms with van der Waals surface area (Å²) in [5.41, 5.74) is 5.18. The largest absolute Gasteiger partial charge is 0.330 e. The summed E-state index contributed by atoms with van der Waals surface area (Å²) in [5, 5.41) is 6.30. The second-order valence-electron chi connectivity index (χ2n) is 8.86. The topological polar surface area (TPSA) is 50.2 Å². The summed E-state index contributed by atoms with van der Waals surface area (Å²) >= 11 is 0. The third kappa shape index (κ3) is 4.43. The van der Waals surface area contributed by atoms with Crippen molar-refractivity contribution in [3.63, 3.8) is 0 Å². The first-order chi connectivity index (χ1) is 16.6. The molecule has 2 heterocycles. The number of nitrogens with zero attached hydrogens (tertiary/aromatic N) is 3. The maximum absolute atomic E-state index is 13.3. The Labute approximate surface area is 199 Å². The summed E-state index contributed by atoms with van der Waals surface area (Å²) in [6, 6.07) is 24.4. The Hall–Kier alpha value is -3.96. The maximum atomic E-state index is 13.3. The molecule has 5 aromatic rings. The van der Waals surface area contributed by atoms with Gasteiger partial charge in [-0.05, 0) is 85.9 Å². The predicted molar refractivity (Wildman–Crippen MR) is 140 cm³/mol. The minimum absolute atomic E-state index is 0.165. The van der Waals surface area contributed by atoms with Crippen LogP contribution in [0.25, 0.3) is 32.8 Å². The number of nitrogens with one attached hydrogen (secondary N) is 1. The third-order valence-electron chi connectivity index (χ3n) is 6.20. The Balaban J connectivity index is 1.45. The van der Waals surface area contributed by atoms with E-state index in [0.717, 1.165) is 57.9 Å². The van der Waals surface area contributed by atoms with Crippen LogP contribution in [0, 0.1) is 0 Å². The summed E-state index contributed by atoms with van der Waals surface area (Å²) in [6.45, 7) is 1.04. The number of aromatic nitrogens is 2. The summed E-state index contributed by atoms with van der Waals surface area (Å²) in [7, 11) is 4.18. The van der Waals surface area contributed by atoms with Crippen molar-refractivity contribution in [1.29, 1.82) is 0 Å². The van der Waals surface area contributed by atoms with E-state index < -0.39 is 0 Å². The third-order valence-corrected chi connectivity index (χ3v) is 6.20. The molecular formula is C29H28N4O. The molecule has 0 radical (unpaired) electrons. The first-order valence-electron chi connectivity index (χ1n) is 11.6. The van der Waals surface area contributed by atoms with E-state index in [0.29, 0.717) is 0 Å². The zero-order chi connectivity index (χ0) is 23.5. The first kappa shape index (κ1) is 21.9. The Kier molecular flexibility index (Phi) is 6.11. The minimum atomic E-state index is -0.165. The van der Waals surface area contributed by atoms with Gasteiger partial charge in [-0.3, -0.25) is 9.55 Å². The summed E-state index contributed by atoms with van der Waals surface area (Å²) in [4.78, 5) is 19.7. The van der Waals surface area contributed by atoms with Crippen molar-refractivity contribution < 1.29 is 4.79 Å². The SMILES string of the molecule is CN(C)CCCc1ccc2ccn(C(=O)Nc3ccc(-c4ccncc4)c4ccccc34)c2c1. The molecule has 0 spiro atoms. The van der Waals surface area contributed by atoms with Crippen LogP contribution in [-0.2, 0) is 6.42 Å². The van der Waals surface area contributed by atoms with Crippen LogP contribution >= 0.6 is 0 Å². The van der Waals surface area contributed by atoms with Gasteiger partial charge in [0.05, 0.1) is 11.2 Å². The molecule has 170 valence electrons. The van der Waals surface area contributed by atoms with Crippen molar-refractivity contribution >= 4 is 33.4 Å². The fourth-order valence-electron chi connectivity index (χ4n) is 4.47. The lowest BCUT2D eigenvalue weighted by Gasteiger charge is -2.14. The van der Waals surface area contributed by atoms with Crippen molar-refractivity contribution in [3.05, 3.63) is 97.0 Å². The van der Waals surface area contributed by atoms with Gasteiger partial charge in [0.25, 0.3) is 0 Å². The van der Waals surface area contributed by atoms with Crippen LogP contribution in [0.15, 0.2) is 91.4 Å². The number of hydrogen-bond donors (Lipinski definition) is 1. The van der Waals surface area contributed by atoms with E-state index in [1.165, 1.54) is 5.56 Å². The Morgan fingerprint density at radius 2 is 1.74 bits per heavy atom. The van der Waals surface area contributed by atoms with Crippen LogP contribution in [0.4, 0.5) is 10.5 Å². The number of aryl methyl sites for hydroxylation is 1. The lowest BCUT2D eigenvalue weighted by Crippen LogP contribution is -2.18. The average molecular weight is 449 g/mol. The van der Waals surface area contributed by atoms with Gasteiger partial charge in [-0.2, -0.15) is 0 Å². The first-order valence-corrected chi connectivity index (χ1v) is 11.6. The number of benzene rings is 3. The second-order valence-corrected chi connectivity index (χ2v) is 8.86. The molecule has 0 fully saturated rings. The highest BCUT2D eigenvalue weighted by Gasteiger charge is 2.13. The minimum Gasteiger partial charge on any atom is -0.309 e. The number of amides is 1. The molecule has 5 nitrogen and oxygen atoms in total. The zero-order valence-corrected chi connectivity index (χ0v) is 19.5. The van der Waals surface area contributed by atoms with E-state index in [4.69, 9.17) is 0 Å². The quantitative estimate of drug-likeness (QED) is 0.326. The lowest BCUT2D eigenvalue weighted by atomic mass is 9.98. The zero-order valence-electron chi connectivity index (χ0n) is 19.5. The number of pyridine rings is 1. The second kappa shape index (κ2) is 9.49. The van der Waals surface area contributed by atoms with Crippen molar-refractivity contribution in [1.82, 2.24) is 14.5 Å². The average Bonchev–Trinajstić information content (AvgIpc) is 3.28. The van der Waals surface area contributed by atoms with E-state index >= 15 is 0 Å². The molecule has 0 bridgehead atoms. The Bertz CT molecular complexity index is 1450. The number of anilines is 1. The highest BCUT2D eigenvalue weighted by Crippen LogP contribution is 2.33. The number of carbonyl (C=O) groups is 1. The molecule has 0 unspecified atom stereocenters. The smallest absolute Gasteiger partial charge is 0.309 e. The molecule has 0 atom stereocenters. The summed E-state index contributed by atoms with van der Waals surface area (Å²) in [5.74, 6) is 0. The van der Waals surface area contributed by atoms with Gasteiger partial charge in [0, 0.05) is 29.4 Å². The molecule has 5 rings (SSSR count). The van der Waals surface area contributed by atoms with Crippen LogP contribution in [0.3, 0.4) is 0 Å². The Morgan fingerprint density at radius 1 is 0.941 bits per heavy atom. The van der Waals surface area contributed by atoms with Gasteiger partial charge in [-0.1, -0.05) is 42.5 Å². The highest BCUT2D eigenvalue weighted by atomic mass is 16.2. The summed E-state index contributed by atoms with van der Waals surface area (Å²) in [6.07, 6.45) is 7.51. The van der Waals surface area contributed by atoms with Crippen LogP contribution in [0.5, 0.6) is 0 Å². The summed E-state index contributed by atoms with van der Waals surface area (Å²) < 4.78 is 1.70. The maximum Gasteiger partial charge on any atom is 0.330 e. The molecule has 0 saturated carbocycles. The molecular weight excluding hydrogens is 420 g/mol.